The molecule has 1 aromatic rings. The number of rotatable bonds is 11. The molecule has 0 aliphatic rings. The van der Waals surface area contributed by atoms with Gasteiger partial charge in [0.25, 0.3) is 0 Å². The average Bonchev–Trinajstić information content (AvgIpc) is 2.42. The van der Waals surface area contributed by atoms with Gasteiger partial charge in [0.2, 0.25) is 0 Å². The Hall–Kier alpha value is -1.19. The molecule has 0 radical (unpaired) electrons. The molecule has 0 atom stereocenters. The minimum atomic E-state index is 0.824. The molecule has 0 aliphatic heterocycles. The van der Waals surface area contributed by atoms with Crippen LogP contribution in [0.2, 0.25) is 0 Å². The van der Waals surface area contributed by atoms with Gasteiger partial charge in [-0.2, -0.15) is 0 Å². The lowest BCUT2D eigenvalue weighted by atomic mass is 10.1. The molecular formula is C14H26N4. The second-order valence-corrected chi connectivity index (χ2v) is 4.76. The number of aromatic nitrogens is 3. The van der Waals surface area contributed by atoms with Gasteiger partial charge in [-0.15, -0.1) is 10.2 Å². The number of nitrogens with zero attached hydrogens (tertiary/aromatic N) is 3. The summed E-state index contributed by atoms with van der Waals surface area (Å²) < 4.78 is 0. The number of anilines is 1. The molecule has 0 spiro atoms. The molecule has 0 aliphatic carbocycles. The van der Waals surface area contributed by atoms with Crippen LogP contribution in [0, 0.1) is 0 Å². The van der Waals surface area contributed by atoms with Gasteiger partial charge in [-0.3, -0.25) is 0 Å². The highest BCUT2D eigenvalue weighted by molar-refractivity contribution is 5.29. The highest BCUT2D eigenvalue weighted by Crippen LogP contribution is 2.09. The fourth-order valence-corrected chi connectivity index (χ4v) is 1.99. The molecular weight excluding hydrogens is 224 g/mol. The third-order valence-electron chi connectivity index (χ3n) is 3.09. The summed E-state index contributed by atoms with van der Waals surface area (Å²) in [5.74, 6) is 0.824. The molecule has 0 amide bonds. The van der Waals surface area contributed by atoms with E-state index in [0.29, 0.717) is 0 Å². The van der Waals surface area contributed by atoms with Crippen LogP contribution in [0.4, 0.5) is 5.82 Å². The summed E-state index contributed by atoms with van der Waals surface area (Å²) in [7, 11) is 0. The lowest BCUT2D eigenvalue weighted by Crippen LogP contribution is -2.04. The van der Waals surface area contributed by atoms with Crippen molar-refractivity contribution in [3.05, 3.63) is 12.3 Å². The second kappa shape index (κ2) is 10.9. The van der Waals surface area contributed by atoms with Gasteiger partial charge >= 0.3 is 0 Å². The minimum Gasteiger partial charge on any atom is -0.368 e. The summed E-state index contributed by atoms with van der Waals surface area (Å²) in [4.78, 5) is 0. The van der Waals surface area contributed by atoms with E-state index in [1.165, 1.54) is 57.8 Å². The van der Waals surface area contributed by atoms with Crippen LogP contribution in [-0.2, 0) is 0 Å². The van der Waals surface area contributed by atoms with Crippen LogP contribution >= 0.6 is 0 Å². The third-order valence-corrected chi connectivity index (χ3v) is 3.09. The molecule has 1 heterocycles. The highest BCUT2D eigenvalue weighted by atomic mass is 15.3. The number of unbranched alkanes of at least 4 members (excludes halogenated alkanes) is 8. The van der Waals surface area contributed by atoms with Crippen molar-refractivity contribution in [2.75, 3.05) is 11.9 Å². The minimum absolute atomic E-state index is 0.824. The molecule has 102 valence electrons. The van der Waals surface area contributed by atoms with Gasteiger partial charge in [0, 0.05) is 12.6 Å². The van der Waals surface area contributed by atoms with E-state index in [-0.39, 0.29) is 0 Å². The van der Waals surface area contributed by atoms with Crippen LogP contribution in [-0.4, -0.2) is 22.0 Å². The van der Waals surface area contributed by atoms with E-state index in [2.05, 4.69) is 27.7 Å². The van der Waals surface area contributed by atoms with Crippen LogP contribution in [0.25, 0.3) is 0 Å². The first-order valence-corrected chi connectivity index (χ1v) is 7.31. The molecule has 4 heteroatoms. The Morgan fingerprint density at radius 1 is 0.944 bits per heavy atom. The monoisotopic (exact) mass is 250 g/mol. The first kappa shape index (κ1) is 14.9. The Balaban J connectivity index is 1.82. The van der Waals surface area contributed by atoms with Crippen molar-refractivity contribution in [3.63, 3.8) is 0 Å². The van der Waals surface area contributed by atoms with E-state index in [9.17, 15) is 0 Å². The SMILES string of the molecule is CCCCCCCCCCCNc1ccnnn1. The van der Waals surface area contributed by atoms with Crippen molar-refractivity contribution < 1.29 is 0 Å². The zero-order valence-electron chi connectivity index (χ0n) is 11.6. The Bertz CT molecular complexity index is 276. The van der Waals surface area contributed by atoms with Crippen molar-refractivity contribution in [1.29, 1.82) is 0 Å². The molecule has 0 unspecified atom stereocenters. The molecule has 0 aromatic carbocycles. The van der Waals surface area contributed by atoms with Crippen LogP contribution < -0.4 is 5.32 Å². The van der Waals surface area contributed by atoms with Gasteiger partial charge in [-0.05, 0) is 11.6 Å². The van der Waals surface area contributed by atoms with Crippen LogP contribution in [0.5, 0.6) is 0 Å². The Kier molecular flexibility index (Phi) is 9.03. The van der Waals surface area contributed by atoms with Gasteiger partial charge < -0.3 is 5.32 Å². The van der Waals surface area contributed by atoms with E-state index < -0.39 is 0 Å². The standard InChI is InChI=1S/C14H26N4/c1-2-3-4-5-6-7-8-9-10-12-15-14-11-13-16-18-17-14/h11,13H,2-10,12H2,1H3,(H,15,16,17). The van der Waals surface area contributed by atoms with E-state index in [0.717, 1.165) is 12.4 Å². The molecule has 0 fully saturated rings. The summed E-state index contributed by atoms with van der Waals surface area (Å²) in [6.45, 7) is 3.24. The fraction of sp³-hybridized carbons (Fsp3) is 0.786. The van der Waals surface area contributed by atoms with E-state index in [1.54, 1.807) is 6.20 Å². The van der Waals surface area contributed by atoms with E-state index in [1.807, 2.05) is 6.07 Å². The summed E-state index contributed by atoms with van der Waals surface area (Å²) >= 11 is 0. The lowest BCUT2D eigenvalue weighted by Gasteiger charge is -2.04. The average molecular weight is 250 g/mol. The van der Waals surface area contributed by atoms with Crippen molar-refractivity contribution >= 4 is 5.82 Å². The van der Waals surface area contributed by atoms with Gasteiger partial charge in [0.15, 0.2) is 5.82 Å². The summed E-state index contributed by atoms with van der Waals surface area (Å²) in [5, 5.41) is 14.4. The normalized spacial score (nSPS) is 10.5. The van der Waals surface area contributed by atoms with Crippen molar-refractivity contribution in [2.24, 2.45) is 0 Å². The number of hydrogen-bond acceptors (Lipinski definition) is 4. The zero-order chi connectivity index (χ0) is 12.9. The van der Waals surface area contributed by atoms with Crippen molar-refractivity contribution in [3.8, 4) is 0 Å². The molecule has 1 N–H and O–H groups in total. The second-order valence-electron chi connectivity index (χ2n) is 4.76. The van der Waals surface area contributed by atoms with Crippen LogP contribution in [0.15, 0.2) is 12.3 Å². The largest absolute Gasteiger partial charge is 0.368 e. The smallest absolute Gasteiger partial charge is 0.152 e. The van der Waals surface area contributed by atoms with Crippen LogP contribution in [0.1, 0.15) is 64.7 Å². The predicted molar refractivity (Wildman–Crippen MR) is 75.5 cm³/mol. The molecule has 1 rings (SSSR count). The van der Waals surface area contributed by atoms with Gasteiger partial charge in [0.1, 0.15) is 0 Å². The topological polar surface area (TPSA) is 50.7 Å². The summed E-state index contributed by atoms with van der Waals surface area (Å²) in [6, 6.07) is 1.85. The Labute approximate surface area is 111 Å². The van der Waals surface area contributed by atoms with Gasteiger partial charge in [-0.25, -0.2) is 0 Å². The first-order chi connectivity index (χ1) is 8.93. The molecule has 0 bridgehead atoms. The van der Waals surface area contributed by atoms with Crippen molar-refractivity contribution in [2.45, 2.75) is 64.7 Å². The van der Waals surface area contributed by atoms with Crippen LogP contribution in [0.3, 0.4) is 0 Å². The maximum atomic E-state index is 3.88. The van der Waals surface area contributed by atoms with E-state index in [4.69, 9.17) is 0 Å². The Morgan fingerprint density at radius 3 is 2.22 bits per heavy atom. The quantitative estimate of drug-likeness (QED) is 0.607. The molecule has 4 nitrogen and oxygen atoms in total. The Morgan fingerprint density at radius 2 is 1.61 bits per heavy atom. The number of hydrogen-bond donors (Lipinski definition) is 1. The maximum Gasteiger partial charge on any atom is 0.152 e. The maximum absolute atomic E-state index is 3.88. The first-order valence-electron chi connectivity index (χ1n) is 7.31. The van der Waals surface area contributed by atoms with E-state index >= 15 is 0 Å². The predicted octanol–water partition coefficient (Wildman–Crippen LogP) is 3.81. The number of nitrogens with one attached hydrogen (secondary N) is 1. The molecule has 0 saturated heterocycles. The zero-order valence-corrected chi connectivity index (χ0v) is 11.6. The lowest BCUT2D eigenvalue weighted by molar-refractivity contribution is 0.569. The van der Waals surface area contributed by atoms with Crippen molar-refractivity contribution in [1.82, 2.24) is 15.4 Å². The molecule has 18 heavy (non-hydrogen) atoms. The van der Waals surface area contributed by atoms with Gasteiger partial charge in [-0.1, -0.05) is 58.3 Å². The fourth-order valence-electron chi connectivity index (χ4n) is 1.99. The van der Waals surface area contributed by atoms with Gasteiger partial charge in [0.05, 0.1) is 6.20 Å². The molecule has 1 aromatic heterocycles. The summed E-state index contributed by atoms with van der Waals surface area (Å²) in [6.07, 6.45) is 13.9. The molecule has 0 saturated carbocycles. The highest BCUT2D eigenvalue weighted by Gasteiger charge is 1.94. The summed E-state index contributed by atoms with van der Waals surface area (Å²) in [5.41, 5.74) is 0. The third kappa shape index (κ3) is 7.98.